The highest BCUT2D eigenvalue weighted by Crippen LogP contribution is 2.50. The minimum Gasteiger partial charge on any atom is -0.496 e. The van der Waals surface area contributed by atoms with E-state index in [9.17, 15) is 4.79 Å². The average molecular weight is 313 g/mol. The molecular formula is C17H19N3O3. The number of amides is 1. The van der Waals surface area contributed by atoms with Crippen LogP contribution in [0.15, 0.2) is 30.3 Å². The third-order valence-electron chi connectivity index (χ3n) is 3.94. The number of anilines is 1. The number of nitrogens with one attached hydrogen (secondary N) is 1. The van der Waals surface area contributed by atoms with Gasteiger partial charge in [0.2, 0.25) is 17.7 Å². The summed E-state index contributed by atoms with van der Waals surface area (Å²) in [4.78, 5) is 20.8. The van der Waals surface area contributed by atoms with Gasteiger partial charge in [-0.05, 0) is 30.9 Å². The molecule has 1 aliphatic carbocycles. The van der Waals surface area contributed by atoms with Crippen LogP contribution in [0.5, 0.6) is 11.6 Å². The van der Waals surface area contributed by atoms with Crippen molar-refractivity contribution < 1.29 is 14.3 Å². The van der Waals surface area contributed by atoms with Gasteiger partial charge in [0, 0.05) is 17.7 Å². The molecule has 23 heavy (non-hydrogen) atoms. The maximum Gasteiger partial charge on any atom is 0.232 e. The number of benzene rings is 1. The number of hydrogen-bond donors (Lipinski definition) is 1. The fraction of sp³-hybridized carbons (Fsp3) is 0.353. The largest absolute Gasteiger partial charge is 0.496 e. The van der Waals surface area contributed by atoms with Crippen LogP contribution in [-0.4, -0.2) is 30.1 Å². The lowest BCUT2D eigenvalue weighted by molar-refractivity contribution is -0.117. The van der Waals surface area contributed by atoms with Gasteiger partial charge in [0.05, 0.1) is 14.2 Å². The number of methoxy groups -OCH3 is 2. The number of aromatic nitrogens is 2. The smallest absolute Gasteiger partial charge is 0.232 e. The normalized spacial score (nSPS) is 19.1. The Bertz CT molecular complexity index is 733. The van der Waals surface area contributed by atoms with Crippen LogP contribution in [0.3, 0.4) is 0 Å². The second-order valence-electron chi connectivity index (χ2n) is 5.56. The number of carbonyl (C=O) groups is 1. The molecule has 1 N–H and O–H groups in total. The minimum absolute atomic E-state index is 0.0754. The SMILES string of the molecule is COc1cc(C)nc(NC(=O)[C@@H]2C[C@H]2c2ccccc2OC)n1. The van der Waals surface area contributed by atoms with Gasteiger partial charge in [-0.2, -0.15) is 4.98 Å². The first-order valence-electron chi connectivity index (χ1n) is 7.46. The minimum atomic E-state index is -0.0820. The molecule has 2 aromatic rings. The first-order valence-corrected chi connectivity index (χ1v) is 7.46. The van der Waals surface area contributed by atoms with E-state index < -0.39 is 0 Å². The van der Waals surface area contributed by atoms with Gasteiger partial charge < -0.3 is 9.47 Å². The maximum absolute atomic E-state index is 12.4. The molecule has 1 aliphatic rings. The molecular weight excluding hydrogens is 294 g/mol. The lowest BCUT2D eigenvalue weighted by Gasteiger charge is -2.08. The molecule has 120 valence electrons. The monoisotopic (exact) mass is 313 g/mol. The van der Waals surface area contributed by atoms with Crippen molar-refractivity contribution in [1.29, 1.82) is 0 Å². The Morgan fingerprint density at radius 2 is 2.00 bits per heavy atom. The molecule has 6 heteroatoms. The first-order chi connectivity index (χ1) is 11.1. The highest BCUT2D eigenvalue weighted by atomic mass is 16.5. The Balaban J connectivity index is 1.70. The van der Waals surface area contributed by atoms with Gasteiger partial charge in [-0.25, -0.2) is 4.98 Å². The first kappa shape index (κ1) is 15.3. The topological polar surface area (TPSA) is 73.3 Å². The molecule has 1 heterocycles. The molecule has 1 aromatic heterocycles. The van der Waals surface area contributed by atoms with Crippen LogP contribution in [0.25, 0.3) is 0 Å². The van der Waals surface area contributed by atoms with Crippen molar-refractivity contribution in [3.05, 3.63) is 41.6 Å². The second-order valence-corrected chi connectivity index (χ2v) is 5.56. The zero-order valence-electron chi connectivity index (χ0n) is 13.4. The molecule has 0 bridgehead atoms. The molecule has 6 nitrogen and oxygen atoms in total. The molecule has 3 rings (SSSR count). The molecule has 0 unspecified atom stereocenters. The summed E-state index contributed by atoms with van der Waals surface area (Å²) in [6.45, 7) is 1.83. The van der Waals surface area contributed by atoms with Crippen LogP contribution < -0.4 is 14.8 Å². The van der Waals surface area contributed by atoms with Gasteiger partial charge in [-0.15, -0.1) is 0 Å². The van der Waals surface area contributed by atoms with Crippen molar-refractivity contribution in [2.75, 3.05) is 19.5 Å². The highest BCUT2D eigenvalue weighted by molar-refractivity contribution is 5.94. The molecule has 0 radical (unpaired) electrons. The summed E-state index contributed by atoms with van der Waals surface area (Å²) in [5.74, 6) is 1.55. The van der Waals surface area contributed by atoms with Crippen molar-refractivity contribution in [3.8, 4) is 11.6 Å². The van der Waals surface area contributed by atoms with Crippen LogP contribution in [0.1, 0.15) is 23.6 Å². The van der Waals surface area contributed by atoms with Crippen molar-refractivity contribution in [3.63, 3.8) is 0 Å². The summed E-state index contributed by atoms with van der Waals surface area (Å²) < 4.78 is 10.5. The zero-order chi connectivity index (χ0) is 16.4. The van der Waals surface area contributed by atoms with Crippen LogP contribution in [0.2, 0.25) is 0 Å². The van der Waals surface area contributed by atoms with Gasteiger partial charge in [-0.1, -0.05) is 18.2 Å². The lowest BCUT2D eigenvalue weighted by atomic mass is 10.1. The van der Waals surface area contributed by atoms with Gasteiger partial charge in [-0.3, -0.25) is 10.1 Å². The van der Waals surface area contributed by atoms with E-state index >= 15 is 0 Å². The van der Waals surface area contributed by atoms with Crippen LogP contribution in [0, 0.1) is 12.8 Å². The molecule has 2 atom stereocenters. The predicted molar refractivity (Wildman–Crippen MR) is 85.8 cm³/mol. The van der Waals surface area contributed by atoms with Crippen LogP contribution in [-0.2, 0) is 4.79 Å². The Kier molecular flexibility index (Phi) is 4.14. The Morgan fingerprint density at radius 1 is 1.22 bits per heavy atom. The molecule has 0 spiro atoms. The third kappa shape index (κ3) is 3.26. The summed E-state index contributed by atoms with van der Waals surface area (Å²) in [5.41, 5.74) is 1.81. The summed E-state index contributed by atoms with van der Waals surface area (Å²) >= 11 is 0. The maximum atomic E-state index is 12.4. The zero-order valence-corrected chi connectivity index (χ0v) is 13.4. The van der Waals surface area contributed by atoms with Crippen LogP contribution in [0.4, 0.5) is 5.95 Å². The number of aryl methyl sites for hydroxylation is 1. The van der Waals surface area contributed by atoms with E-state index in [4.69, 9.17) is 9.47 Å². The average Bonchev–Trinajstić information content (AvgIpc) is 3.34. The molecule has 1 amide bonds. The quantitative estimate of drug-likeness (QED) is 0.918. The second kappa shape index (κ2) is 6.24. The molecule has 0 aliphatic heterocycles. The van der Waals surface area contributed by atoms with E-state index in [1.807, 2.05) is 31.2 Å². The molecule has 1 aromatic carbocycles. The van der Waals surface area contributed by atoms with Crippen molar-refractivity contribution in [1.82, 2.24) is 9.97 Å². The summed E-state index contributed by atoms with van der Waals surface area (Å²) in [7, 11) is 3.18. The van der Waals surface area contributed by atoms with Gasteiger partial charge >= 0.3 is 0 Å². The lowest BCUT2D eigenvalue weighted by Crippen LogP contribution is -2.17. The fourth-order valence-electron chi connectivity index (χ4n) is 2.70. The number of ether oxygens (including phenoxy) is 2. The van der Waals surface area contributed by atoms with Gasteiger partial charge in [0.1, 0.15) is 5.75 Å². The fourth-order valence-corrected chi connectivity index (χ4v) is 2.70. The van der Waals surface area contributed by atoms with E-state index in [2.05, 4.69) is 15.3 Å². The van der Waals surface area contributed by atoms with Crippen molar-refractivity contribution >= 4 is 11.9 Å². The number of rotatable bonds is 5. The number of para-hydroxylation sites is 1. The predicted octanol–water partition coefficient (Wildman–Crippen LogP) is 2.54. The molecule has 1 saturated carbocycles. The van der Waals surface area contributed by atoms with E-state index in [-0.39, 0.29) is 23.7 Å². The summed E-state index contributed by atoms with van der Waals surface area (Å²) in [6.07, 6.45) is 0.801. The van der Waals surface area contributed by atoms with E-state index in [0.29, 0.717) is 5.88 Å². The third-order valence-corrected chi connectivity index (χ3v) is 3.94. The Hall–Kier alpha value is -2.63. The van der Waals surface area contributed by atoms with Gasteiger partial charge in [0.15, 0.2) is 0 Å². The van der Waals surface area contributed by atoms with E-state index in [1.165, 1.54) is 7.11 Å². The summed E-state index contributed by atoms with van der Waals surface area (Å²) in [5, 5.41) is 2.77. The van der Waals surface area contributed by atoms with Crippen molar-refractivity contribution in [2.24, 2.45) is 5.92 Å². The molecule has 1 fully saturated rings. The van der Waals surface area contributed by atoms with Crippen LogP contribution >= 0.6 is 0 Å². The van der Waals surface area contributed by atoms with E-state index in [1.54, 1.807) is 13.2 Å². The summed E-state index contributed by atoms with van der Waals surface area (Å²) in [6, 6.07) is 9.51. The van der Waals surface area contributed by atoms with E-state index in [0.717, 1.165) is 23.4 Å². The highest BCUT2D eigenvalue weighted by Gasteiger charge is 2.45. The standard InChI is InChI=1S/C17H19N3O3/c1-10-8-15(23-3)19-17(18-10)20-16(21)13-9-12(13)11-6-4-5-7-14(11)22-2/h4-8,12-13H,9H2,1-3H3,(H,18,19,20,21)/t12-,13+/m0/s1. The van der Waals surface area contributed by atoms with Gasteiger partial charge in [0.25, 0.3) is 0 Å². The number of hydrogen-bond acceptors (Lipinski definition) is 5. The number of nitrogens with zero attached hydrogens (tertiary/aromatic N) is 2. The Morgan fingerprint density at radius 3 is 2.74 bits per heavy atom. The Labute approximate surface area is 134 Å². The molecule has 0 saturated heterocycles. The van der Waals surface area contributed by atoms with Crippen molar-refractivity contribution in [2.45, 2.75) is 19.3 Å². The number of carbonyl (C=O) groups excluding carboxylic acids is 1.